The van der Waals surface area contributed by atoms with Crippen molar-refractivity contribution in [2.45, 2.75) is 12.6 Å². The Balaban J connectivity index is 3.41. The van der Waals surface area contributed by atoms with Gasteiger partial charge >= 0.3 is 12.1 Å². The second-order valence-electron chi connectivity index (χ2n) is 3.43. The van der Waals surface area contributed by atoms with E-state index in [9.17, 15) is 18.0 Å². The Hall–Kier alpha value is -1.92. The molecule has 18 heavy (non-hydrogen) atoms. The summed E-state index contributed by atoms with van der Waals surface area (Å²) in [5, 5.41) is 8.61. The standard InChI is InChI=1S/C11H11F3O4/c1-17-8-3-6(4-10(15)16)7(11(12,13)14)5-9(8)18-2/h3,5H,4H2,1-2H3,(H,15,16). The van der Waals surface area contributed by atoms with E-state index in [1.807, 2.05) is 0 Å². The van der Waals surface area contributed by atoms with E-state index < -0.39 is 24.1 Å². The van der Waals surface area contributed by atoms with Gasteiger partial charge in [0.2, 0.25) is 0 Å². The van der Waals surface area contributed by atoms with Crippen molar-refractivity contribution in [2.24, 2.45) is 0 Å². The highest BCUT2D eigenvalue weighted by Gasteiger charge is 2.35. The van der Waals surface area contributed by atoms with Crippen molar-refractivity contribution < 1.29 is 32.5 Å². The maximum absolute atomic E-state index is 12.8. The Kier molecular flexibility index (Phi) is 4.05. The molecule has 0 saturated heterocycles. The Bertz CT molecular complexity index is 454. The summed E-state index contributed by atoms with van der Waals surface area (Å²) < 4.78 is 47.9. The number of rotatable bonds is 4. The predicted octanol–water partition coefficient (Wildman–Crippen LogP) is 2.35. The fourth-order valence-corrected chi connectivity index (χ4v) is 1.49. The van der Waals surface area contributed by atoms with E-state index in [0.29, 0.717) is 0 Å². The first-order chi connectivity index (χ1) is 8.29. The highest BCUT2D eigenvalue weighted by Crippen LogP contribution is 2.39. The number of benzene rings is 1. The number of carboxylic acid groups (broad SMARTS) is 1. The molecule has 1 aromatic rings. The topological polar surface area (TPSA) is 55.8 Å². The summed E-state index contributed by atoms with van der Waals surface area (Å²) in [5.74, 6) is -1.39. The molecular formula is C11H11F3O4. The van der Waals surface area contributed by atoms with E-state index in [2.05, 4.69) is 0 Å². The summed E-state index contributed by atoms with van der Waals surface area (Å²) in [6.07, 6.45) is -5.39. The van der Waals surface area contributed by atoms with E-state index in [4.69, 9.17) is 14.6 Å². The van der Waals surface area contributed by atoms with E-state index in [1.54, 1.807) is 0 Å². The largest absolute Gasteiger partial charge is 0.493 e. The zero-order valence-electron chi connectivity index (χ0n) is 9.67. The van der Waals surface area contributed by atoms with Crippen molar-refractivity contribution in [1.82, 2.24) is 0 Å². The highest BCUT2D eigenvalue weighted by atomic mass is 19.4. The Morgan fingerprint density at radius 1 is 1.22 bits per heavy atom. The van der Waals surface area contributed by atoms with Crippen LogP contribution in [0, 0.1) is 0 Å². The van der Waals surface area contributed by atoms with Gasteiger partial charge < -0.3 is 14.6 Å². The molecule has 100 valence electrons. The zero-order chi connectivity index (χ0) is 13.9. The molecule has 1 rings (SSSR count). The number of alkyl halides is 3. The molecule has 4 nitrogen and oxygen atoms in total. The summed E-state index contributed by atoms with van der Waals surface area (Å²) >= 11 is 0. The molecule has 7 heteroatoms. The van der Waals surface area contributed by atoms with Gasteiger partial charge in [0.05, 0.1) is 26.2 Å². The van der Waals surface area contributed by atoms with Crippen LogP contribution in [0.1, 0.15) is 11.1 Å². The Morgan fingerprint density at radius 2 is 1.72 bits per heavy atom. The molecule has 0 aliphatic heterocycles. The van der Waals surface area contributed by atoms with Crippen molar-refractivity contribution in [3.05, 3.63) is 23.3 Å². The molecule has 0 aromatic heterocycles. The molecule has 0 bridgehead atoms. The Labute approximate surface area is 101 Å². The maximum atomic E-state index is 12.8. The number of carbonyl (C=O) groups is 1. The van der Waals surface area contributed by atoms with E-state index in [-0.39, 0.29) is 17.1 Å². The molecule has 0 unspecified atom stereocenters. The van der Waals surface area contributed by atoms with Crippen molar-refractivity contribution >= 4 is 5.97 Å². The van der Waals surface area contributed by atoms with E-state index in [0.717, 1.165) is 12.1 Å². The lowest BCUT2D eigenvalue weighted by Gasteiger charge is -2.15. The average Bonchev–Trinajstić information content (AvgIpc) is 2.26. The first-order valence-electron chi connectivity index (χ1n) is 4.83. The SMILES string of the molecule is COc1cc(CC(=O)O)c(C(F)(F)F)cc1OC. The van der Waals surface area contributed by atoms with Crippen LogP contribution in [0.3, 0.4) is 0 Å². The first kappa shape index (κ1) is 14.1. The molecular weight excluding hydrogens is 253 g/mol. The maximum Gasteiger partial charge on any atom is 0.416 e. The van der Waals surface area contributed by atoms with Gasteiger partial charge in [-0.1, -0.05) is 0 Å². The lowest BCUT2D eigenvalue weighted by molar-refractivity contribution is -0.139. The van der Waals surface area contributed by atoms with Gasteiger partial charge in [-0.15, -0.1) is 0 Å². The predicted molar refractivity (Wildman–Crippen MR) is 55.9 cm³/mol. The third-order valence-corrected chi connectivity index (χ3v) is 2.26. The summed E-state index contributed by atoms with van der Waals surface area (Å²) in [6.45, 7) is 0. The molecule has 0 spiro atoms. The quantitative estimate of drug-likeness (QED) is 0.906. The van der Waals surface area contributed by atoms with Crippen molar-refractivity contribution in [3.63, 3.8) is 0 Å². The molecule has 0 atom stereocenters. The van der Waals surface area contributed by atoms with Crippen LogP contribution in [0.5, 0.6) is 11.5 Å². The van der Waals surface area contributed by atoms with Crippen molar-refractivity contribution in [1.29, 1.82) is 0 Å². The highest BCUT2D eigenvalue weighted by molar-refractivity contribution is 5.71. The molecule has 1 N–H and O–H groups in total. The third-order valence-electron chi connectivity index (χ3n) is 2.26. The fraction of sp³-hybridized carbons (Fsp3) is 0.364. The Morgan fingerprint density at radius 3 is 2.11 bits per heavy atom. The van der Waals surface area contributed by atoms with Gasteiger partial charge in [0, 0.05) is 0 Å². The van der Waals surface area contributed by atoms with Crippen LogP contribution in [0.25, 0.3) is 0 Å². The van der Waals surface area contributed by atoms with Crippen LogP contribution in [0.15, 0.2) is 12.1 Å². The molecule has 0 aliphatic rings. The summed E-state index contributed by atoms with van der Waals surface area (Å²) in [4.78, 5) is 10.6. The van der Waals surface area contributed by atoms with Gasteiger partial charge in [-0.25, -0.2) is 0 Å². The van der Waals surface area contributed by atoms with Crippen LogP contribution in [-0.4, -0.2) is 25.3 Å². The lowest BCUT2D eigenvalue weighted by atomic mass is 10.0. The van der Waals surface area contributed by atoms with Gasteiger partial charge in [0.15, 0.2) is 11.5 Å². The minimum absolute atomic E-state index is 0.0572. The molecule has 0 fully saturated rings. The smallest absolute Gasteiger partial charge is 0.416 e. The monoisotopic (exact) mass is 264 g/mol. The number of methoxy groups -OCH3 is 2. The van der Waals surface area contributed by atoms with Crippen molar-refractivity contribution in [3.8, 4) is 11.5 Å². The second kappa shape index (κ2) is 5.16. The minimum Gasteiger partial charge on any atom is -0.493 e. The molecule has 0 aliphatic carbocycles. The van der Waals surface area contributed by atoms with Crippen LogP contribution in [0.4, 0.5) is 13.2 Å². The number of carboxylic acids is 1. The molecule has 0 amide bonds. The number of ether oxygens (including phenoxy) is 2. The van der Waals surface area contributed by atoms with Crippen LogP contribution >= 0.6 is 0 Å². The van der Waals surface area contributed by atoms with Crippen molar-refractivity contribution in [2.75, 3.05) is 14.2 Å². The first-order valence-corrected chi connectivity index (χ1v) is 4.83. The van der Waals surface area contributed by atoms with Gasteiger partial charge in [0.1, 0.15) is 0 Å². The summed E-state index contributed by atoms with van der Waals surface area (Å²) in [6, 6.07) is 1.76. The van der Waals surface area contributed by atoms with E-state index >= 15 is 0 Å². The second-order valence-corrected chi connectivity index (χ2v) is 3.43. The van der Waals surface area contributed by atoms with Crippen LogP contribution in [0.2, 0.25) is 0 Å². The van der Waals surface area contributed by atoms with Crippen LogP contribution in [-0.2, 0) is 17.4 Å². The minimum atomic E-state index is -4.65. The summed E-state index contributed by atoms with van der Waals surface area (Å²) in [7, 11) is 2.46. The normalized spacial score (nSPS) is 11.2. The lowest BCUT2D eigenvalue weighted by Crippen LogP contribution is -2.13. The summed E-state index contributed by atoms with van der Waals surface area (Å²) in [5.41, 5.74) is -1.41. The van der Waals surface area contributed by atoms with E-state index in [1.165, 1.54) is 14.2 Å². The molecule has 0 heterocycles. The number of aliphatic carboxylic acids is 1. The number of hydrogen-bond donors (Lipinski definition) is 1. The molecule has 0 radical (unpaired) electrons. The average molecular weight is 264 g/mol. The number of hydrogen-bond acceptors (Lipinski definition) is 3. The fourth-order valence-electron chi connectivity index (χ4n) is 1.49. The van der Waals surface area contributed by atoms with Gasteiger partial charge in [-0.2, -0.15) is 13.2 Å². The van der Waals surface area contributed by atoms with Gasteiger partial charge in [0.25, 0.3) is 0 Å². The van der Waals surface area contributed by atoms with Gasteiger partial charge in [-0.3, -0.25) is 4.79 Å². The zero-order valence-corrected chi connectivity index (χ0v) is 9.67. The molecule has 0 saturated carbocycles. The number of halogens is 3. The van der Waals surface area contributed by atoms with Gasteiger partial charge in [-0.05, 0) is 17.7 Å². The van der Waals surface area contributed by atoms with Crippen LogP contribution < -0.4 is 9.47 Å². The third kappa shape index (κ3) is 3.06. The molecule has 1 aromatic carbocycles.